The molecule has 2 rings (SSSR count). The summed E-state index contributed by atoms with van der Waals surface area (Å²) >= 11 is 0. The minimum absolute atomic E-state index is 0.0352. The van der Waals surface area contributed by atoms with Crippen LogP contribution in [-0.4, -0.2) is 36.5 Å². The van der Waals surface area contributed by atoms with Gasteiger partial charge in [-0.2, -0.15) is 5.10 Å². The van der Waals surface area contributed by atoms with Gasteiger partial charge in [0.25, 0.3) is 0 Å². The Labute approximate surface area is 130 Å². The predicted octanol–water partition coefficient (Wildman–Crippen LogP) is 1.65. The molecule has 6 heteroatoms. The largest absolute Gasteiger partial charge is 0.497 e. The van der Waals surface area contributed by atoms with E-state index in [2.05, 4.69) is 10.4 Å². The minimum Gasteiger partial charge on any atom is -0.497 e. The quantitative estimate of drug-likeness (QED) is 0.753. The molecule has 0 aliphatic heterocycles. The molecule has 22 heavy (non-hydrogen) atoms. The van der Waals surface area contributed by atoms with E-state index in [9.17, 15) is 4.79 Å². The van der Waals surface area contributed by atoms with Crippen LogP contribution in [0.2, 0.25) is 0 Å². The smallest absolute Gasteiger partial charge is 0.224 e. The molecular formula is C16H21N3O3. The van der Waals surface area contributed by atoms with Gasteiger partial charge in [-0.3, -0.25) is 9.48 Å². The zero-order valence-corrected chi connectivity index (χ0v) is 12.9. The van der Waals surface area contributed by atoms with Crippen molar-refractivity contribution in [2.24, 2.45) is 0 Å². The van der Waals surface area contributed by atoms with Gasteiger partial charge in [0, 0.05) is 31.0 Å². The number of benzene rings is 1. The van der Waals surface area contributed by atoms with Crippen LogP contribution in [0.25, 0.3) is 0 Å². The summed E-state index contributed by atoms with van der Waals surface area (Å²) in [6.45, 7) is 1.40. The normalized spacial score (nSPS) is 10.3. The molecule has 0 bridgehead atoms. The molecule has 0 aliphatic carbocycles. The van der Waals surface area contributed by atoms with Crippen molar-refractivity contribution in [3.63, 3.8) is 0 Å². The Hall–Kier alpha value is -2.50. The summed E-state index contributed by atoms with van der Waals surface area (Å²) in [5, 5.41) is 7.02. The van der Waals surface area contributed by atoms with E-state index >= 15 is 0 Å². The number of nitrogens with one attached hydrogen (secondary N) is 1. The molecule has 1 heterocycles. The third-order valence-electron chi connectivity index (χ3n) is 3.28. The Morgan fingerprint density at radius 1 is 1.32 bits per heavy atom. The maximum Gasteiger partial charge on any atom is 0.224 e. The number of ether oxygens (including phenoxy) is 2. The van der Waals surface area contributed by atoms with E-state index in [1.807, 2.05) is 29.1 Å². The number of hydrogen-bond donors (Lipinski definition) is 1. The van der Waals surface area contributed by atoms with E-state index in [4.69, 9.17) is 9.47 Å². The van der Waals surface area contributed by atoms with Gasteiger partial charge >= 0.3 is 0 Å². The average molecular weight is 303 g/mol. The lowest BCUT2D eigenvalue weighted by Gasteiger charge is -2.11. The number of methoxy groups -OCH3 is 2. The number of aromatic nitrogens is 2. The highest BCUT2D eigenvalue weighted by molar-refractivity contribution is 5.79. The van der Waals surface area contributed by atoms with Crippen molar-refractivity contribution in [2.45, 2.75) is 19.4 Å². The second-order valence-corrected chi connectivity index (χ2v) is 4.83. The van der Waals surface area contributed by atoms with Crippen LogP contribution >= 0.6 is 0 Å². The highest BCUT2D eigenvalue weighted by atomic mass is 16.5. The number of nitrogens with zero attached hydrogens (tertiary/aromatic N) is 2. The van der Waals surface area contributed by atoms with Crippen LogP contribution < -0.4 is 14.8 Å². The summed E-state index contributed by atoms with van der Waals surface area (Å²) in [7, 11) is 3.19. The van der Waals surface area contributed by atoms with Gasteiger partial charge in [0.1, 0.15) is 11.5 Å². The molecule has 1 amide bonds. The lowest BCUT2D eigenvalue weighted by Crippen LogP contribution is -2.27. The second kappa shape index (κ2) is 8.07. The maximum atomic E-state index is 12.0. The van der Waals surface area contributed by atoms with Crippen LogP contribution in [0, 0.1) is 0 Å². The summed E-state index contributed by atoms with van der Waals surface area (Å²) in [5.41, 5.74) is 0.812. The SMILES string of the molecule is COc1ccc(OC)c(CC(=O)NCCCn2cccn2)c1. The molecule has 0 fully saturated rings. The van der Waals surface area contributed by atoms with E-state index in [-0.39, 0.29) is 12.3 Å². The summed E-state index contributed by atoms with van der Waals surface area (Å²) in [5.74, 6) is 1.36. The van der Waals surface area contributed by atoms with Gasteiger partial charge in [-0.1, -0.05) is 0 Å². The van der Waals surface area contributed by atoms with Gasteiger partial charge in [-0.05, 0) is 30.7 Å². The Kier molecular flexibility index (Phi) is 5.82. The number of hydrogen-bond acceptors (Lipinski definition) is 4. The van der Waals surface area contributed by atoms with Crippen LogP contribution in [0.5, 0.6) is 11.5 Å². The number of carbonyl (C=O) groups excluding carboxylic acids is 1. The first kappa shape index (κ1) is 15.9. The van der Waals surface area contributed by atoms with E-state index < -0.39 is 0 Å². The molecular weight excluding hydrogens is 282 g/mol. The molecule has 1 N–H and O–H groups in total. The van der Waals surface area contributed by atoms with E-state index in [0.717, 1.165) is 18.5 Å². The monoisotopic (exact) mass is 303 g/mol. The van der Waals surface area contributed by atoms with Crippen LogP contribution in [0.15, 0.2) is 36.7 Å². The first-order valence-corrected chi connectivity index (χ1v) is 7.18. The highest BCUT2D eigenvalue weighted by Gasteiger charge is 2.10. The first-order chi connectivity index (χ1) is 10.7. The van der Waals surface area contributed by atoms with Crippen LogP contribution in [0.1, 0.15) is 12.0 Å². The fourth-order valence-electron chi connectivity index (χ4n) is 2.16. The second-order valence-electron chi connectivity index (χ2n) is 4.83. The predicted molar refractivity (Wildman–Crippen MR) is 83.1 cm³/mol. The van der Waals surface area contributed by atoms with Crippen LogP contribution in [0.4, 0.5) is 0 Å². The molecule has 1 aromatic heterocycles. The molecule has 0 radical (unpaired) electrons. The third-order valence-corrected chi connectivity index (χ3v) is 3.28. The molecule has 118 valence electrons. The van der Waals surface area contributed by atoms with Gasteiger partial charge in [0.15, 0.2) is 0 Å². The third kappa shape index (κ3) is 4.51. The Bertz CT molecular complexity index is 597. The average Bonchev–Trinajstić information content (AvgIpc) is 3.05. The van der Waals surface area contributed by atoms with Gasteiger partial charge in [0.05, 0.1) is 20.6 Å². The van der Waals surface area contributed by atoms with Crippen LogP contribution in [0.3, 0.4) is 0 Å². The van der Waals surface area contributed by atoms with E-state index in [1.165, 1.54) is 0 Å². The number of carbonyl (C=O) groups is 1. The zero-order chi connectivity index (χ0) is 15.8. The summed E-state index contributed by atoms with van der Waals surface area (Å²) in [4.78, 5) is 12.0. The van der Waals surface area contributed by atoms with Crippen molar-refractivity contribution in [3.05, 3.63) is 42.2 Å². The topological polar surface area (TPSA) is 65.4 Å². The first-order valence-electron chi connectivity index (χ1n) is 7.18. The fraction of sp³-hybridized carbons (Fsp3) is 0.375. The zero-order valence-electron chi connectivity index (χ0n) is 12.9. The standard InChI is InChI=1S/C16H21N3O3/c1-21-14-5-6-15(22-2)13(11-14)12-16(20)17-7-3-9-19-10-4-8-18-19/h4-6,8,10-11H,3,7,9,12H2,1-2H3,(H,17,20). The van der Waals surface area contributed by atoms with Crippen molar-refractivity contribution in [1.82, 2.24) is 15.1 Å². The summed E-state index contributed by atoms with van der Waals surface area (Å²) in [6.07, 6.45) is 4.75. The number of amides is 1. The van der Waals surface area contributed by atoms with E-state index in [0.29, 0.717) is 18.0 Å². The number of aryl methyl sites for hydroxylation is 1. The Morgan fingerprint density at radius 2 is 2.18 bits per heavy atom. The lowest BCUT2D eigenvalue weighted by atomic mass is 10.1. The van der Waals surface area contributed by atoms with Crippen molar-refractivity contribution in [2.75, 3.05) is 20.8 Å². The fourth-order valence-corrected chi connectivity index (χ4v) is 2.16. The van der Waals surface area contributed by atoms with Gasteiger partial charge in [-0.25, -0.2) is 0 Å². The molecule has 6 nitrogen and oxygen atoms in total. The van der Waals surface area contributed by atoms with Crippen molar-refractivity contribution in [3.8, 4) is 11.5 Å². The molecule has 1 aromatic carbocycles. The molecule has 0 aliphatic rings. The molecule has 0 saturated carbocycles. The summed E-state index contributed by atoms with van der Waals surface area (Å²) in [6, 6.07) is 7.32. The van der Waals surface area contributed by atoms with Crippen molar-refractivity contribution < 1.29 is 14.3 Å². The minimum atomic E-state index is -0.0352. The molecule has 0 saturated heterocycles. The molecule has 2 aromatic rings. The summed E-state index contributed by atoms with van der Waals surface area (Å²) < 4.78 is 12.3. The molecule has 0 unspecified atom stereocenters. The Balaban J connectivity index is 1.81. The van der Waals surface area contributed by atoms with Crippen LogP contribution in [-0.2, 0) is 17.8 Å². The van der Waals surface area contributed by atoms with Gasteiger partial charge < -0.3 is 14.8 Å². The van der Waals surface area contributed by atoms with Gasteiger partial charge in [-0.15, -0.1) is 0 Å². The van der Waals surface area contributed by atoms with Gasteiger partial charge in [0.2, 0.25) is 5.91 Å². The highest BCUT2D eigenvalue weighted by Crippen LogP contribution is 2.24. The lowest BCUT2D eigenvalue weighted by molar-refractivity contribution is -0.120. The maximum absolute atomic E-state index is 12.0. The van der Waals surface area contributed by atoms with Crippen molar-refractivity contribution >= 4 is 5.91 Å². The number of rotatable bonds is 8. The van der Waals surface area contributed by atoms with E-state index in [1.54, 1.807) is 26.5 Å². The molecule has 0 atom stereocenters. The molecule has 0 spiro atoms. The Morgan fingerprint density at radius 3 is 2.86 bits per heavy atom. The van der Waals surface area contributed by atoms with Crippen molar-refractivity contribution in [1.29, 1.82) is 0 Å².